The van der Waals surface area contributed by atoms with Crippen molar-refractivity contribution >= 4 is 28.8 Å². The van der Waals surface area contributed by atoms with Gasteiger partial charge in [-0.15, -0.1) is 0 Å². The zero-order valence-electron chi connectivity index (χ0n) is 18.4. The summed E-state index contributed by atoms with van der Waals surface area (Å²) in [6, 6.07) is 18.3. The number of ether oxygens (including phenoxy) is 1. The molecule has 166 valence electrons. The maximum atomic E-state index is 13.1. The van der Waals surface area contributed by atoms with Crippen LogP contribution >= 0.6 is 0 Å². The number of benzene rings is 2. The van der Waals surface area contributed by atoms with Crippen LogP contribution in [0.4, 0.5) is 0 Å². The lowest BCUT2D eigenvalue weighted by Gasteiger charge is -2.11. The molecule has 0 aliphatic heterocycles. The average molecular weight is 441 g/mol. The first-order valence-corrected chi connectivity index (χ1v) is 10.4. The Labute approximate surface area is 191 Å². The standard InChI is InChI=1S/C26H24N4O3/c1-30-17-20(22-7-3-4-8-24(22)30)14-23(26(32)28-16-18-6-5-13-27-15-18)29-25(31)19-9-11-21(33-2)12-10-19/h3-15,17H,16H2,1-2H3,(H,28,32)(H,29,31). The highest BCUT2D eigenvalue weighted by Gasteiger charge is 2.16. The second-order valence-corrected chi connectivity index (χ2v) is 7.50. The molecule has 0 fully saturated rings. The summed E-state index contributed by atoms with van der Waals surface area (Å²) in [6.07, 6.45) is 6.98. The summed E-state index contributed by atoms with van der Waals surface area (Å²) in [4.78, 5) is 30.1. The van der Waals surface area contributed by atoms with Crippen LogP contribution in [0.3, 0.4) is 0 Å². The van der Waals surface area contributed by atoms with Gasteiger partial charge in [0.2, 0.25) is 0 Å². The van der Waals surface area contributed by atoms with E-state index in [1.165, 1.54) is 0 Å². The Kier molecular flexibility index (Phi) is 6.50. The summed E-state index contributed by atoms with van der Waals surface area (Å²) in [7, 11) is 3.50. The second kappa shape index (κ2) is 9.82. The molecule has 0 atom stereocenters. The summed E-state index contributed by atoms with van der Waals surface area (Å²) in [5.74, 6) is -0.137. The molecule has 0 bridgehead atoms. The fraction of sp³-hybridized carbons (Fsp3) is 0.115. The molecule has 2 aromatic heterocycles. The number of methoxy groups -OCH3 is 1. The molecule has 7 heteroatoms. The van der Waals surface area contributed by atoms with Crippen LogP contribution in [0.5, 0.6) is 5.75 Å². The van der Waals surface area contributed by atoms with Gasteiger partial charge in [0.1, 0.15) is 11.4 Å². The Balaban J connectivity index is 1.63. The third-order valence-corrected chi connectivity index (χ3v) is 5.25. The fourth-order valence-corrected chi connectivity index (χ4v) is 3.52. The van der Waals surface area contributed by atoms with Crippen molar-refractivity contribution in [1.29, 1.82) is 0 Å². The van der Waals surface area contributed by atoms with E-state index in [9.17, 15) is 9.59 Å². The molecule has 0 unspecified atom stereocenters. The maximum Gasteiger partial charge on any atom is 0.268 e. The minimum absolute atomic E-state index is 0.149. The maximum absolute atomic E-state index is 13.1. The predicted molar refractivity (Wildman–Crippen MR) is 127 cm³/mol. The van der Waals surface area contributed by atoms with Gasteiger partial charge in [-0.2, -0.15) is 0 Å². The second-order valence-electron chi connectivity index (χ2n) is 7.50. The Bertz CT molecular complexity index is 1310. The van der Waals surface area contributed by atoms with E-state index in [-0.39, 0.29) is 18.1 Å². The number of carbonyl (C=O) groups is 2. The van der Waals surface area contributed by atoms with E-state index >= 15 is 0 Å². The number of hydrogen-bond donors (Lipinski definition) is 2. The minimum Gasteiger partial charge on any atom is -0.497 e. The highest BCUT2D eigenvalue weighted by molar-refractivity contribution is 6.06. The first-order chi connectivity index (χ1) is 16.0. The predicted octanol–water partition coefficient (Wildman–Crippen LogP) is 3.67. The number of amides is 2. The van der Waals surface area contributed by atoms with Gasteiger partial charge in [-0.1, -0.05) is 24.3 Å². The third-order valence-electron chi connectivity index (χ3n) is 5.25. The van der Waals surface area contributed by atoms with Gasteiger partial charge < -0.3 is 19.9 Å². The number of rotatable bonds is 7. The van der Waals surface area contributed by atoms with Crippen molar-refractivity contribution in [2.75, 3.05) is 7.11 Å². The first kappa shape index (κ1) is 21.8. The molecule has 2 amide bonds. The number of nitrogens with one attached hydrogen (secondary N) is 2. The number of aryl methyl sites for hydroxylation is 1. The summed E-state index contributed by atoms with van der Waals surface area (Å²) in [5, 5.41) is 6.62. The molecular formula is C26H24N4O3. The molecule has 0 aliphatic carbocycles. The fourth-order valence-electron chi connectivity index (χ4n) is 3.52. The highest BCUT2D eigenvalue weighted by atomic mass is 16.5. The molecule has 0 radical (unpaired) electrons. The monoisotopic (exact) mass is 440 g/mol. The van der Waals surface area contributed by atoms with E-state index < -0.39 is 5.91 Å². The Morgan fingerprint density at radius 2 is 1.85 bits per heavy atom. The minimum atomic E-state index is -0.395. The van der Waals surface area contributed by atoms with Crippen molar-refractivity contribution in [3.8, 4) is 5.75 Å². The van der Waals surface area contributed by atoms with Crippen LogP contribution in [0.15, 0.2) is 85.0 Å². The Morgan fingerprint density at radius 1 is 1.06 bits per heavy atom. The van der Waals surface area contributed by atoms with Crippen LogP contribution in [0, 0.1) is 0 Å². The van der Waals surface area contributed by atoms with Gasteiger partial charge >= 0.3 is 0 Å². The molecule has 4 aromatic rings. The van der Waals surface area contributed by atoms with Gasteiger partial charge in [0.05, 0.1) is 7.11 Å². The van der Waals surface area contributed by atoms with Gasteiger partial charge in [0.25, 0.3) is 11.8 Å². The van der Waals surface area contributed by atoms with Crippen LogP contribution in [0.2, 0.25) is 0 Å². The molecule has 33 heavy (non-hydrogen) atoms. The van der Waals surface area contributed by atoms with Crippen LogP contribution in [-0.2, 0) is 18.4 Å². The Morgan fingerprint density at radius 3 is 2.58 bits per heavy atom. The number of fused-ring (bicyclic) bond motifs is 1. The van der Waals surface area contributed by atoms with Gasteiger partial charge in [-0.05, 0) is 48.0 Å². The molecule has 0 saturated carbocycles. The van der Waals surface area contributed by atoms with E-state index in [2.05, 4.69) is 15.6 Å². The van der Waals surface area contributed by atoms with Crippen molar-refractivity contribution in [3.05, 3.63) is 102 Å². The first-order valence-electron chi connectivity index (χ1n) is 10.4. The quantitative estimate of drug-likeness (QED) is 0.430. The molecule has 2 aromatic carbocycles. The number of carbonyl (C=O) groups excluding carboxylic acids is 2. The van der Waals surface area contributed by atoms with E-state index in [4.69, 9.17) is 4.74 Å². The average Bonchev–Trinajstić information content (AvgIpc) is 3.18. The lowest BCUT2D eigenvalue weighted by atomic mass is 10.1. The summed E-state index contributed by atoms with van der Waals surface area (Å²) in [6.45, 7) is 0.290. The van der Waals surface area contributed by atoms with Crippen molar-refractivity contribution in [3.63, 3.8) is 0 Å². The van der Waals surface area contributed by atoms with Gasteiger partial charge in [-0.3, -0.25) is 14.6 Å². The number of hydrogen-bond acceptors (Lipinski definition) is 4. The van der Waals surface area contributed by atoms with Crippen LogP contribution in [0.25, 0.3) is 17.0 Å². The van der Waals surface area contributed by atoms with Gasteiger partial charge in [0.15, 0.2) is 0 Å². The van der Waals surface area contributed by atoms with Gasteiger partial charge in [0, 0.05) is 54.2 Å². The summed E-state index contributed by atoms with van der Waals surface area (Å²) < 4.78 is 7.13. The van der Waals surface area contributed by atoms with Crippen molar-refractivity contribution < 1.29 is 14.3 Å². The van der Waals surface area contributed by atoms with Crippen molar-refractivity contribution in [2.45, 2.75) is 6.54 Å². The molecule has 0 aliphatic rings. The van der Waals surface area contributed by atoms with Crippen LogP contribution in [0.1, 0.15) is 21.5 Å². The zero-order valence-corrected chi connectivity index (χ0v) is 18.4. The highest BCUT2D eigenvalue weighted by Crippen LogP contribution is 2.22. The van der Waals surface area contributed by atoms with Crippen LogP contribution in [-0.4, -0.2) is 28.5 Å². The summed E-state index contributed by atoms with van der Waals surface area (Å²) >= 11 is 0. The number of nitrogens with zero attached hydrogens (tertiary/aromatic N) is 2. The normalized spacial score (nSPS) is 11.3. The molecule has 0 saturated heterocycles. The van der Waals surface area contributed by atoms with E-state index in [1.54, 1.807) is 55.9 Å². The van der Waals surface area contributed by atoms with Crippen molar-refractivity contribution in [2.24, 2.45) is 7.05 Å². The molecule has 2 N–H and O–H groups in total. The molecular weight excluding hydrogens is 416 g/mol. The third kappa shape index (κ3) is 5.10. The Hall–Kier alpha value is -4.39. The molecule has 7 nitrogen and oxygen atoms in total. The lowest BCUT2D eigenvalue weighted by Crippen LogP contribution is -2.34. The van der Waals surface area contributed by atoms with Crippen LogP contribution < -0.4 is 15.4 Å². The topological polar surface area (TPSA) is 85.2 Å². The van der Waals surface area contributed by atoms with E-state index in [1.807, 2.05) is 48.1 Å². The SMILES string of the molecule is COc1ccc(C(=O)NC(=Cc2cn(C)c3ccccc23)C(=O)NCc2cccnc2)cc1. The lowest BCUT2D eigenvalue weighted by molar-refractivity contribution is -0.117. The number of aromatic nitrogens is 2. The molecule has 0 spiro atoms. The van der Waals surface area contributed by atoms with Gasteiger partial charge in [-0.25, -0.2) is 0 Å². The summed E-state index contributed by atoms with van der Waals surface area (Å²) in [5.41, 5.74) is 3.28. The zero-order chi connectivity index (χ0) is 23.2. The smallest absolute Gasteiger partial charge is 0.268 e. The van der Waals surface area contributed by atoms with E-state index in [0.29, 0.717) is 11.3 Å². The molecule has 2 heterocycles. The van der Waals surface area contributed by atoms with Crippen molar-refractivity contribution in [1.82, 2.24) is 20.2 Å². The van der Waals surface area contributed by atoms with E-state index in [0.717, 1.165) is 22.0 Å². The largest absolute Gasteiger partial charge is 0.497 e. The molecule has 4 rings (SSSR count). The number of pyridine rings is 1. The number of para-hydroxylation sites is 1.